The minimum atomic E-state index is -1.24. The van der Waals surface area contributed by atoms with Crippen molar-refractivity contribution in [3.8, 4) is 30.6 Å². The number of benzene rings is 4. The van der Waals surface area contributed by atoms with E-state index in [4.69, 9.17) is 6.42 Å². The molecule has 4 aromatic carbocycles. The fourth-order valence-electron chi connectivity index (χ4n) is 5.67. The van der Waals surface area contributed by atoms with Gasteiger partial charge in [-0.1, -0.05) is 18.1 Å². The van der Waals surface area contributed by atoms with E-state index in [0.29, 0.717) is 11.1 Å². The largest absolute Gasteiger partial charge is 0.293 e. The molecule has 0 bridgehead atoms. The van der Waals surface area contributed by atoms with Crippen molar-refractivity contribution < 1.29 is 19.2 Å². The number of carbonyl (C=O) groups is 4. The Morgan fingerprint density at radius 3 is 1.20 bits per heavy atom. The molecule has 0 heterocycles. The summed E-state index contributed by atoms with van der Waals surface area (Å²) >= 11 is 0. The average molecular weight is 515 g/mol. The van der Waals surface area contributed by atoms with Crippen molar-refractivity contribution in [2.24, 2.45) is 0 Å². The predicted molar refractivity (Wildman–Crippen MR) is 142 cm³/mol. The van der Waals surface area contributed by atoms with E-state index in [9.17, 15) is 35.0 Å². The summed E-state index contributed by atoms with van der Waals surface area (Å²) in [5.74, 6) is -2.12. The van der Waals surface area contributed by atoms with Crippen LogP contribution in [0.2, 0.25) is 0 Å². The van der Waals surface area contributed by atoms with Crippen LogP contribution in [0.1, 0.15) is 86.6 Å². The Morgan fingerprint density at radius 1 is 0.500 bits per heavy atom. The van der Waals surface area contributed by atoms with Gasteiger partial charge in [0.1, 0.15) is 30.0 Å². The molecule has 184 valence electrons. The monoisotopic (exact) mass is 515 g/mol. The molecule has 7 heteroatoms. The molecule has 0 radical (unpaired) electrons. The van der Waals surface area contributed by atoms with Crippen LogP contribution in [-0.4, -0.2) is 23.1 Å². The first kappa shape index (κ1) is 24.2. The molecular weight excluding hydrogens is 502 g/mol. The zero-order chi connectivity index (χ0) is 28.3. The number of ketones is 4. The third-order valence-electron chi connectivity index (χ3n) is 7.54. The molecule has 4 aromatic rings. The van der Waals surface area contributed by atoms with Gasteiger partial charge in [-0.25, -0.2) is 0 Å². The Kier molecular flexibility index (Phi) is 5.27. The maximum atomic E-state index is 13.7. The van der Waals surface area contributed by atoms with Gasteiger partial charge in [0, 0.05) is 38.6 Å². The first-order valence-corrected chi connectivity index (χ1v) is 12.1. The zero-order valence-electron chi connectivity index (χ0n) is 20.5. The van der Waals surface area contributed by atoms with Gasteiger partial charge in [-0.2, -0.15) is 15.8 Å². The molecule has 0 atom stereocenters. The van der Waals surface area contributed by atoms with Crippen molar-refractivity contribution in [1.29, 1.82) is 15.8 Å². The molecule has 0 N–H and O–H groups in total. The Hall–Kier alpha value is -6.15. The van der Waals surface area contributed by atoms with Crippen molar-refractivity contribution in [3.63, 3.8) is 0 Å². The summed E-state index contributed by atoms with van der Waals surface area (Å²) in [5, 5.41) is 28.6. The van der Waals surface area contributed by atoms with E-state index < -0.39 is 35.0 Å². The van der Waals surface area contributed by atoms with Gasteiger partial charge in [0.15, 0.2) is 23.1 Å². The Balaban J connectivity index is 1.52. The van der Waals surface area contributed by atoms with Crippen LogP contribution in [0.25, 0.3) is 10.8 Å². The lowest BCUT2D eigenvalue weighted by atomic mass is 9.70. The highest BCUT2D eigenvalue weighted by Crippen LogP contribution is 2.44. The van der Waals surface area contributed by atoms with Gasteiger partial charge >= 0.3 is 0 Å². The van der Waals surface area contributed by atoms with E-state index >= 15 is 0 Å². The Bertz CT molecular complexity index is 1870. The minimum absolute atomic E-state index is 0.0497. The molecule has 0 fully saturated rings. The SMILES string of the molecule is C#Cc1ccc(C2C(=O)c3ccc4c5c(ccc(c35)C2=O)C(=O)C(c2ccc(C#N)c(C#N)c2)C4=O)cc1C#N. The predicted octanol–water partition coefficient (Wildman–Crippen LogP) is 4.76. The second-order valence-electron chi connectivity index (χ2n) is 9.48. The summed E-state index contributed by atoms with van der Waals surface area (Å²) in [6.45, 7) is 0. The smallest absolute Gasteiger partial charge is 0.178 e. The summed E-state index contributed by atoms with van der Waals surface area (Å²) in [5.41, 5.74) is 2.06. The number of nitriles is 3. The van der Waals surface area contributed by atoms with Crippen LogP contribution >= 0.6 is 0 Å². The molecule has 0 unspecified atom stereocenters. The summed E-state index contributed by atoms with van der Waals surface area (Å²) in [4.78, 5) is 54.8. The molecule has 2 aliphatic rings. The highest BCUT2D eigenvalue weighted by molar-refractivity contribution is 6.38. The van der Waals surface area contributed by atoms with Crippen LogP contribution in [-0.2, 0) is 0 Å². The van der Waals surface area contributed by atoms with Crippen LogP contribution < -0.4 is 0 Å². The van der Waals surface area contributed by atoms with Gasteiger partial charge in [0.2, 0.25) is 0 Å². The second kappa shape index (κ2) is 8.71. The quantitative estimate of drug-likeness (QED) is 0.277. The number of carbonyl (C=O) groups excluding carboxylic acids is 4. The molecule has 0 saturated carbocycles. The van der Waals surface area contributed by atoms with E-state index in [1.165, 1.54) is 54.6 Å². The Morgan fingerprint density at radius 2 is 0.850 bits per heavy atom. The standard InChI is InChI=1S/C33H13N3O4/c1-2-16-3-4-17(11-20(16)14-35)26-30(37)22-7-9-24-29-25(10-8-23(28(22)29)31(26)38)33(40)27(32(24)39)18-5-6-19(13-34)21(12-18)15-36/h1,3-12,26-27H. The lowest BCUT2D eigenvalue weighted by Gasteiger charge is -2.29. The van der Waals surface area contributed by atoms with Crippen molar-refractivity contribution in [1.82, 2.24) is 0 Å². The second-order valence-corrected chi connectivity index (χ2v) is 9.48. The van der Waals surface area contributed by atoms with Gasteiger partial charge < -0.3 is 0 Å². The molecule has 0 aliphatic heterocycles. The molecule has 6 rings (SSSR count). The fraction of sp³-hybridized carbons (Fsp3) is 0.0606. The van der Waals surface area contributed by atoms with Crippen LogP contribution in [0, 0.1) is 46.3 Å². The van der Waals surface area contributed by atoms with Crippen molar-refractivity contribution in [3.05, 3.63) is 116 Å². The summed E-state index contributed by atoms with van der Waals surface area (Å²) < 4.78 is 0. The highest BCUT2D eigenvalue weighted by atomic mass is 16.2. The minimum Gasteiger partial charge on any atom is -0.293 e. The third kappa shape index (κ3) is 3.17. The molecule has 0 saturated heterocycles. The van der Waals surface area contributed by atoms with E-state index in [2.05, 4.69) is 5.92 Å². The van der Waals surface area contributed by atoms with Crippen molar-refractivity contribution in [2.45, 2.75) is 11.8 Å². The molecule has 0 spiro atoms. The number of rotatable bonds is 2. The molecule has 0 amide bonds. The first-order valence-electron chi connectivity index (χ1n) is 12.1. The highest BCUT2D eigenvalue weighted by Gasteiger charge is 2.43. The summed E-state index contributed by atoms with van der Waals surface area (Å²) in [7, 11) is 0. The van der Waals surface area contributed by atoms with E-state index in [1.54, 1.807) is 6.07 Å². The van der Waals surface area contributed by atoms with Crippen LogP contribution in [0.4, 0.5) is 0 Å². The summed E-state index contributed by atoms with van der Waals surface area (Å²) in [6, 6.07) is 20.5. The molecule has 0 aromatic heterocycles. The average Bonchev–Trinajstić information content (AvgIpc) is 2.98. The Labute approximate surface area is 227 Å². The third-order valence-corrected chi connectivity index (χ3v) is 7.54. The fourth-order valence-corrected chi connectivity index (χ4v) is 5.67. The van der Waals surface area contributed by atoms with E-state index in [-0.39, 0.29) is 55.3 Å². The summed E-state index contributed by atoms with van der Waals surface area (Å²) in [6.07, 6.45) is 5.45. The zero-order valence-corrected chi connectivity index (χ0v) is 20.5. The maximum absolute atomic E-state index is 13.7. The van der Waals surface area contributed by atoms with Gasteiger partial charge in [-0.15, -0.1) is 6.42 Å². The number of Topliss-reactive ketones (excluding diaryl/α,β-unsaturated/α-hetero) is 4. The molecule has 40 heavy (non-hydrogen) atoms. The van der Waals surface area contributed by atoms with Gasteiger partial charge in [-0.3, -0.25) is 19.2 Å². The van der Waals surface area contributed by atoms with Gasteiger partial charge in [0.25, 0.3) is 0 Å². The number of hydrogen-bond acceptors (Lipinski definition) is 7. The normalized spacial score (nSPS) is 14.4. The van der Waals surface area contributed by atoms with Crippen LogP contribution in [0.3, 0.4) is 0 Å². The molecular formula is C33H13N3O4. The lowest BCUT2D eigenvalue weighted by Crippen LogP contribution is -2.31. The van der Waals surface area contributed by atoms with E-state index in [0.717, 1.165) is 0 Å². The number of terminal acetylenes is 1. The maximum Gasteiger partial charge on any atom is 0.178 e. The van der Waals surface area contributed by atoms with Crippen LogP contribution in [0.5, 0.6) is 0 Å². The van der Waals surface area contributed by atoms with Crippen molar-refractivity contribution in [2.75, 3.05) is 0 Å². The molecule has 7 nitrogen and oxygen atoms in total. The first-order chi connectivity index (χ1) is 19.3. The van der Waals surface area contributed by atoms with E-state index in [1.807, 2.05) is 18.2 Å². The van der Waals surface area contributed by atoms with Crippen molar-refractivity contribution >= 4 is 33.9 Å². The van der Waals surface area contributed by atoms with Gasteiger partial charge in [0.05, 0.1) is 16.7 Å². The van der Waals surface area contributed by atoms with Crippen LogP contribution in [0.15, 0.2) is 60.7 Å². The van der Waals surface area contributed by atoms with Gasteiger partial charge in [-0.05, 0) is 59.7 Å². The number of hydrogen-bond donors (Lipinski definition) is 0. The topological polar surface area (TPSA) is 140 Å². The number of nitrogens with zero attached hydrogens (tertiary/aromatic N) is 3. The molecule has 2 aliphatic carbocycles. The lowest BCUT2D eigenvalue weighted by molar-refractivity contribution is 0.0835.